The molecule has 1 aromatic heterocycles. The van der Waals surface area contributed by atoms with E-state index in [-0.39, 0.29) is 22.4 Å². The molecule has 7 heteroatoms. The molecule has 1 aromatic rings. The van der Waals surface area contributed by atoms with Crippen LogP contribution in [0.25, 0.3) is 0 Å². The van der Waals surface area contributed by atoms with E-state index in [0.717, 1.165) is 12.8 Å². The molecule has 0 spiro atoms. The van der Waals surface area contributed by atoms with Gasteiger partial charge in [0.1, 0.15) is 10.6 Å². The number of sulfonamides is 1. The van der Waals surface area contributed by atoms with Gasteiger partial charge in [0.15, 0.2) is 0 Å². The van der Waals surface area contributed by atoms with Gasteiger partial charge in [0.05, 0.1) is 0 Å². The van der Waals surface area contributed by atoms with Crippen LogP contribution in [0.5, 0.6) is 0 Å². The number of primary sulfonamides is 1. The third-order valence-corrected chi connectivity index (χ3v) is 4.24. The van der Waals surface area contributed by atoms with Gasteiger partial charge >= 0.3 is 0 Å². The highest BCUT2D eigenvalue weighted by atomic mass is 32.2. The average molecular weight is 285 g/mol. The first kappa shape index (κ1) is 14.1. The summed E-state index contributed by atoms with van der Waals surface area (Å²) in [6.07, 6.45) is 3.30. The Bertz CT molecular complexity index is 612. The van der Waals surface area contributed by atoms with Gasteiger partial charge in [0, 0.05) is 17.8 Å². The van der Waals surface area contributed by atoms with Crippen LogP contribution in [-0.2, 0) is 10.0 Å². The molecule has 19 heavy (non-hydrogen) atoms. The lowest BCUT2D eigenvalue weighted by Gasteiger charge is -2.15. The lowest BCUT2D eigenvalue weighted by Crippen LogP contribution is -2.35. The van der Waals surface area contributed by atoms with Gasteiger partial charge in [-0.25, -0.2) is 13.6 Å². The Kier molecular flexibility index (Phi) is 3.22. The van der Waals surface area contributed by atoms with Crippen molar-refractivity contribution in [1.82, 2.24) is 9.88 Å². The van der Waals surface area contributed by atoms with Crippen molar-refractivity contribution in [1.29, 1.82) is 0 Å². The van der Waals surface area contributed by atoms with Gasteiger partial charge in [0.2, 0.25) is 10.0 Å². The van der Waals surface area contributed by atoms with E-state index >= 15 is 0 Å². The number of carbonyl (C=O) groups excluding carboxylic acids is 1. The van der Waals surface area contributed by atoms with Crippen LogP contribution in [0.4, 0.5) is 0 Å². The number of amides is 1. The molecular formula is C12H19N3O3S. The summed E-state index contributed by atoms with van der Waals surface area (Å²) in [6, 6.07) is 1.31. The van der Waals surface area contributed by atoms with E-state index in [1.54, 1.807) is 4.57 Å². The van der Waals surface area contributed by atoms with Crippen molar-refractivity contribution in [3.05, 3.63) is 18.0 Å². The molecule has 0 saturated heterocycles. The van der Waals surface area contributed by atoms with Crippen LogP contribution < -0.4 is 10.5 Å². The van der Waals surface area contributed by atoms with Crippen LogP contribution in [0.2, 0.25) is 0 Å². The predicted octanol–water partition coefficient (Wildman–Crippen LogP) is 0.999. The molecule has 6 nitrogen and oxygen atoms in total. The smallest absolute Gasteiger partial charge is 0.268 e. The van der Waals surface area contributed by atoms with Crippen molar-refractivity contribution in [2.75, 3.05) is 0 Å². The standard InChI is InChI=1S/C12H19N3O3S/c1-8(2)15-7-9(19(13,17)18)6-10(15)11(16)14-12(3)4-5-12/h6-8H,4-5H2,1-3H3,(H,14,16)(H2,13,17,18). The maximum Gasteiger partial charge on any atom is 0.268 e. The Balaban J connectivity index is 2.37. The fraction of sp³-hybridized carbons (Fsp3) is 0.583. The van der Waals surface area contributed by atoms with Crippen LogP contribution in [0.3, 0.4) is 0 Å². The van der Waals surface area contributed by atoms with Crippen molar-refractivity contribution in [2.24, 2.45) is 5.14 Å². The van der Waals surface area contributed by atoms with Gasteiger partial charge in [0.25, 0.3) is 5.91 Å². The Morgan fingerprint density at radius 3 is 2.47 bits per heavy atom. The number of hydrogen-bond acceptors (Lipinski definition) is 3. The molecule has 3 N–H and O–H groups in total. The van der Waals surface area contributed by atoms with Gasteiger partial charge in [-0.3, -0.25) is 4.79 Å². The Morgan fingerprint density at radius 1 is 1.47 bits per heavy atom. The maximum atomic E-state index is 12.2. The van der Waals surface area contributed by atoms with Crippen LogP contribution in [0, 0.1) is 0 Å². The van der Waals surface area contributed by atoms with Crippen LogP contribution in [-0.4, -0.2) is 24.4 Å². The molecule has 1 amide bonds. The highest BCUT2D eigenvalue weighted by Gasteiger charge is 2.39. The second kappa shape index (κ2) is 4.35. The summed E-state index contributed by atoms with van der Waals surface area (Å²) < 4.78 is 24.4. The third-order valence-electron chi connectivity index (χ3n) is 3.36. The summed E-state index contributed by atoms with van der Waals surface area (Å²) in [5.41, 5.74) is 0.178. The number of nitrogens with two attached hydrogens (primary N) is 1. The lowest BCUT2D eigenvalue weighted by atomic mass is 10.3. The van der Waals surface area contributed by atoms with Crippen LogP contribution >= 0.6 is 0 Å². The van der Waals surface area contributed by atoms with Gasteiger partial charge in [-0.15, -0.1) is 0 Å². The van der Waals surface area contributed by atoms with Crippen molar-refractivity contribution in [3.8, 4) is 0 Å². The van der Waals surface area contributed by atoms with E-state index in [2.05, 4.69) is 5.32 Å². The second-order valence-electron chi connectivity index (χ2n) is 5.62. The lowest BCUT2D eigenvalue weighted by molar-refractivity contribution is 0.0924. The number of nitrogens with one attached hydrogen (secondary N) is 1. The molecule has 1 saturated carbocycles. The quantitative estimate of drug-likeness (QED) is 0.864. The summed E-state index contributed by atoms with van der Waals surface area (Å²) in [5.74, 6) is -0.261. The molecule has 0 unspecified atom stereocenters. The zero-order valence-electron chi connectivity index (χ0n) is 11.3. The Hall–Kier alpha value is -1.34. The molecule has 106 valence electrons. The topological polar surface area (TPSA) is 94.2 Å². The van der Waals surface area contributed by atoms with Gasteiger partial charge < -0.3 is 9.88 Å². The van der Waals surface area contributed by atoms with Crippen molar-refractivity contribution < 1.29 is 13.2 Å². The summed E-state index contributed by atoms with van der Waals surface area (Å²) >= 11 is 0. The Labute approximate surface area is 113 Å². The summed E-state index contributed by atoms with van der Waals surface area (Å²) in [4.78, 5) is 12.2. The van der Waals surface area contributed by atoms with Crippen molar-refractivity contribution >= 4 is 15.9 Å². The molecule has 0 atom stereocenters. The number of aromatic nitrogens is 1. The predicted molar refractivity (Wildman–Crippen MR) is 71.3 cm³/mol. The van der Waals surface area contributed by atoms with Gasteiger partial charge in [-0.2, -0.15) is 0 Å². The second-order valence-corrected chi connectivity index (χ2v) is 7.18. The molecule has 1 fully saturated rings. The zero-order valence-corrected chi connectivity index (χ0v) is 12.1. The van der Waals surface area contributed by atoms with Crippen LogP contribution in [0.15, 0.2) is 17.2 Å². The first-order valence-corrected chi connectivity index (χ1v) is 7.74. The molecule has 0 aliphatic heterocycles. The summed E-state index contributed by atoms with van der Waals surface area (Å²) in [6.45, 7) is 5.72. The van der Waals surface area contributed by atoms with Crippen LogP contribution in [0.1, 0.15) is 50.1 Å². The largest absolute Gasteiger partial charge is 0.346 e. The van der Waals surface area contributed by atoms with E-state index in [4.69, 9.17) is 5.14 Å². The Morgan fingerprint density at radius 2 is 2.05 bits per heavy atom. The van der Waals surface area contributed by atoms with Gasteiger partial charge in [-0.05, 0) is 39.7 Å². The SMILES string of the molecule is CC(C)n1cc(S(N)(=O)=O)cc1C(=O)NC1(C)CC1. The minimum atomic E-state index is -3.80. The minimum absolute atomic E-state index is 0.0248. The average Bonchev–Trinajstić information content (AvgIpc) is 2.81. The van der Waals surface area contributed by atoms with E-state index in [0.29, 0.717) is 5.69 Å². The monoisotopic (exact) mass is 285 g/mol. The molecule has 1 aliphatic rings. The first-order valence-electron chi connectivity index (χ1n) is 6.20. The minimum Gasteiger partial charge on any atom is -0.346 e. The number of nitrogens with zero attached hydrogens (tertiary/aromatic N) is 1. The summed E-state index contributed by atoms with van der Waals surface area (Å²) in [7, 11) is -3.80. The molecule has 2 rings (SSSR count). The molecule has 1 aliphatic carbocycles. The van der Waals surface area contributed by atoms with E-state index in [1.807, 2.05) is 20.8 Å². The van der Waals surface area contributed by atoms with Gasteiger partial charge in [-0.1, -0.05) is 0 Å². The highest BCUT2D eigenvalue weighted by Crippen LogP contribution is 2.34. The molecule has 1 heterocycles. The molecule has 0 radical (unpaired) electrons. The number of rotatable bonds is 4. The highest BCUT2D eigenvalue weighted by molar-refractivity contribution is 7.89. The third kappa shape index (κ3) is 2.98. The first-order chi connectivity index (χ1) is 8.62. The fourth-order valence-electron chi connectivity index (χ4n) is 1.87. The van der Waals surface area contributed by atoms with Crippen molar-refractivity contribution in [2.45, 2.75) is 50.1 Å². The summed E-state index contributed by atoms with van der Waals surface area (Å²) in [5, 5.41) is 8.02. The van der Waals surface area contributed by atoms with E-state index in [1.165, 1.54) is 12.3 Å². The molecular weight excluding hydrogens is 266 g/mol. The maximum absolute atomic E-state index is 12.2. The van der Waals surface area contributed by atoms with E-state index in [9.17, 15) is 13.2 Å². The normalized spacial score (nSPS) is 17.5. The molecule has 0 aromatic carbocycles. The number of carbonyl (C=O) groups is 1. The zero-order chi connectivity index (χ0) is 14.4. The molecule has 0 bridgehead atoms. The van der Waals surface area contributed by atoms with E-state index < -0.39 is 10.0 Å². The van der Waals surface area contributed by atoms with Crippen molar-refractivity contribution in [3.63, 3.8) is 0 Å². The number of hydrogen-bond donors (Lipinski definition) is 2. The fourth-order valence-corrected chi connectivity index (χ4v) is 2.41.